The quantitative estimate of drug-likeness (QED) is 0.135. The molecule has 0 saturated heterocycles. The van der Waals surface area contributed by atoms with Gasteiger partial charge in [-0.05, 0) is 58.8 Å². The highest BCUT2D eigenvalue weighted by Crippen LogP contribution is 2.31. The number of amides is 2. The maximum Gasteiger partial charge on any atom is 0.329 e. The summed E-state index contributed by atoms with van der Waals surface area (Å²) < 4.78 is 2.23. The first-order valence-corrected chi connectivity index (χ1v) is 12.2. The molecule has 2 amide bonds. The number of hydrazone groups is 1. The Balaban J connectivity index is 1.24. The van der Waals surface area contributed by atoms with Gasteiger partial charge in [0.1, 0.15) is 0 Å². The van der Waals surface area contributed by atoms with Gasteiger partial charge in [-0.2, -0.15) is 5.10 Å². The fraction of sp³-hybridized carbons (Fsp3) is 0.0645. The Labute approximate surface area is 213 Å². The minimum absolute atomic E-state index is 0.552. The smallest absolute Gasteiger partial charge is 0.329 e. The number of para-hydroxylation sites is 1. The van der Waals surface area contributed by atoms with Gasteiger partial charge < -0.3 is 9.88 Å². The molecule has 0 saturated carbocycles. The van der Waals surface area contributed by atoms with Crippen molar-refractivity contribution in [3.63, 3.8) is 0 Å². The lowest BCUT2D eigenvalue weighted by molar-refractivity contribution is -0.136. The lowest BCUT2D eigenvalue weighted by Gasteiger charge is -2.08. The molecule has 0 aliphatic carbocycles. The molecular weight excluding hydrogens is 460 g/mol. The predicted molar refractivity (Wildman–Crippen MR) is 151 cm³/mol. The monoisotopic (exact) mass is 484 g/mol. The Morgan fingerprint density at radius 1 is 0.730 bits per heavy atom. The van der Waals surface area contributed by atoms with E-state index in [1.54, 1.807) is 6.21 Å². The maximum absolute atomic E-state index is 12.6. The second-order valence-corrected chi connectivity index (χ2v) is 8.88. The van der Waals surface area contributed by atoms with Crippen LogP contribution in [0, 0.1) is 0 Å². The highest BCUT2D eigenvalue weighted by molar-refractivity contribution is 6.39. The zero-order chi connectivity index (χ0) is 25.4. The zero-order valence-electron chi connectivity index (χ0n) is 20.2. The number of carbonyl (C=O) groups excluding carboxylic acids is 2. The molecule has 1 heterocycles. The van der Waals surface area contributed by atoms with Crippen LogP contribution >= 0.6 is 0 Å². The minimum Gasteiger partial charge on any atom is -0.341 e. The topological polar surface area (TPSA) is 75.5 Å². The molecule has 0 unspecified atom stereocenters. The predicted octanol–water partition coefficient (Wildman–Crippen LogP) is 6.21. The van der Waals surface area contributed by atoms with Crippen LogP contribution in [0.1, 0.15) is 12.5 Å². The molecule has 0 fully saturated rings. The summed E-state index contributed by atoms with van der Waals surface area (Å²) in [6, 6.07) is 32.0. The van der Waals surface area contributed by atoms with E-state index >= 15 is 0 Å². The van der Waals surface area contributed by atoms with E-state index in [4.69, 9.17) is 0 Å². The standard InChI is InChI=1S/C31H24N4O2/c1-2-35-28-14-8-7-13-25(28)26-18-22(15-16-29(26)35)33-30(36)31(37)34-32-19-27-23-11-5-3-9-20(23)17-21-10-4-6-12-24(21)27/h3-19H,2H2,1H3,(H,33,36)(H,34,37)/b32-19+. The number of benzene rings is 5. The molecule has 1 aromatic heterocycles. The van der Waals surface area contributed by atoms with E-state index in [0.29, 0.717) is 5.69 Å². The number of aromatic nitrogens is 1. The molecule has 2 N–H and O–H groups in total. The molecule has 37 heavy (non-hydrogen) atoms. The number of nitrogens with zero attached hydrogens (tertiary/aromatic N) is 2. The lowest BCUT2D eigenvalue weighted by Crippen LogP contribution is -2.32. The second-order valence-electron chi connectivity index (χ2n) is 8.88. The van der Waals surface area contributed by atoms with E-state index in [1.807, 2.05) is 78.9 Å². The van der Waals surface area contributed by atoms with Crippen molar-refractivity contribution in [3.8, 4) is 0 Å². The van der Waals surface area contributed by atoms with E-state index in [9.17, 15) is 9.59 Å². The Kier molecular flexibility index (Phi) is 5.62. The fourth-order valence-corrected chi connectivity index (χ4v) is 5.05. The summed E-state index contributed by atoms with van der Waals surface area (Å²) in [5.41, 5.74) is 6.03. The Hall–Kier alpha value is -4.97. The van der Waals surface area contributed by atoms with E-state index < -0.39 is 11.8 Å². The maximum atomic E-state index is 12.6. The van der Waals surface area contributed by atoms with Gasteiger partial charge in [0.2, 0.25) is 0 Å². The normalized spacial score (nSPS) is 11.6. The Bertz CT molecular complexity index is 1810. The molecule has 0 atom stereocenters. The van der Waals surface area contributed by atoms with Crippen molar-refractivity contribution in [2.24, 2.45) is 5.10 Å². The van der Waals surface area contributed by atoms with Gasteiger partial charge in [0.05, 0.1) is 6.21 Å². The van der Waals surface area contributed by atoms with Crippen LogP contribution in [0.3, 0.4) is 0 Å². The summed E-state index contributed by atoms with van der Waals surface area (Å²) in [6.07, 6.45) is 1.60. The van der Waals surface area contributed by atoms with Gasteiger partial charge in [-0.15, -0.1) is 0 Å². The van der Waals surface area contributed by atoms with Gasteiger partial charge in [0, 0.05) is 39.6 Å². The van der Waals surface area contributed by atoms with Gasteiger partial charge >= 0.3 is 11.8 Å². The summed E-state index contributed by atoms with van der Waals surface area (Å²) in [7, 11) is 0. The first-order valence-electron chi connectivity index (χ1n) is 12.2. The molecular formula is C31H24N4O2. The summed E-state index contributed by atoms with van der Waals surface area (Å²) in [6.45, 7) is 2.94. The fourth-order valence-electron chi connectivity index (χ4n) is 5.05. The molecule has 180 valence electrons. The summed E-state index contributed by atoms with van der Waals surface area (Å²) in [5.74, 6) is -1.62. The molecule has 6 nitrogen and oxygen atoms in total. The van der Waals surface area contributed by atoms with Crippen molar-refractivity contribution >= 4 is 67.1 Å². The van der Waals surface area contributed by atoms with E-state index in [-0.39, 0.29) is 0 Å². The van der Waals surface area contributed by atoms with Crippen molar-refractivity contribution in [3.05, 3.63) is 103 Å². The molecule has 6 aromatic rings. The van der Waals surface area contributed by atoms with Crippen LogP contribution in [0.15, 0.2) is 102 Å². The highest BCUT2D eigenvalue weighted by atomic mass is 16.2. The highest BCUT2D eigenvalue weighted by Gasteiger charge is 2.15. The number of hydrogen-bond acceptors (Lipinski definition) is 3. The SMILES string of the molecule is CCn1c2ccccc2c2cc(NC(=O)C(=O)N/N=C/c3c4ccccc4cc4ccccc34)ccc21. The number of rotatable bonds is 4. The van der Waals surface area contributed by atoms with Gasteiger partial charge in [-0.3, -0.25) is 9.59 Å². The van der Waals surface area contributed by atoms with Gasteiger partial charge in [-0.1, -0.05) is 66.7 Å². The Morgan fingerprint density at radius 3 is 2.05 bits per heavy atom. The number of hydrogen-bond donors (Lipinski definition) is 2. The number of nitrogens with one attached hydrogen (secondary N) is 2. The van der Waals surface area contributed by atoms with Crippen molar-refractivity contribution in [2.45, 2.75) is 13.5 Å². The third-order valence-corrected chi connectivity index (χ3v) is 6.73. The van der Waals surface area contributed by atoms with Crippen LogP contribution in [0.4, 0.5) is 5.69 Å². The van der Waals surface area contributed by atoms with Crippen molar-refractivity contribution in [1.29, 1.82) is 0 Å². The molecule has 5 aromatic carbocycles. The largest absolute Gasteiger partial charge is 0.341 e. The van der Waals surface area contributed by atoms with Crippen molar-refractivity contribution in [1.82, 2.24) is 9.99 Å². The summed E-state index contributed by atoms with van der Waals surface area (Å²) >= 11 is 0. The van der Waals surface area contributed by atoms with Crippen molar-refractivity contribution < 1.29 is 9.59 Å². The molecule has 6 heteroatoms. The van der Waals surface area contributed by atoms with Crippen molar-refractivity contribution in [2.75, 3.05) is 5.32 Å². The number of anilines is 1. The van der Waals surface area contributed by atoms with Gasteiger partial charge in [0.25, 0.3) is 0 Å². The summed E-state index contributed by atoms with van der Waals surface area (Å²) in [4.78, 5) is 25.2. The molecule has 0 aliphatic rings. The number of fused-ring (bicyclic) bond motifs is 5. The second kappa shape index (κ2) is 9.24. The zero-order valence-corrected chi connectivity index (χ0v) is 20.2. The van der Waals surface area contributed by atoms with Crippen LogP contribution in [0.25, 0.3) is 43.4 Å². The van der Waals surface area contributed by atoms with Gasteiger partial charge in [0.15, 0.2) is 0 Å². The molecule has 0 radical (unpaired) electrons. The molecule has 0 aliphatic heterocycles. The number of aryl methyl sites for hydroxylation is 1. The minimum atomic E-state index is -0.836. The third kappa shape index (κ3) is 3.98. The molecule has 0 bridgehead atoms. The average Bonchev–Trinajstić information content (AvgIpc) is 3.25. The van der Waals surface area contributed by atoms with Crippen LogP contribution in [0.5, 0.6) is 0 Å². The first kappa shape index (κ1) is 22.5. The van der Waals surface area contributed by atoms with Crippen LogP contribution in [0.2, 0.25) is 0 Å². The molecule has 6 rings (SSSR count). The summed E-state index contributed by atoms with van der Waals surface area (Å²) in [5, 5.41) is 13.1. The average molecular weight is 485 g/mol. The molecule has 0 spiro atoms. The van der Waals surface area contributed by atoms with E-state index in [2.05, 4.69) is 45.5 Å². The Morgan fingerprint density at radius 2 is 1.35 bits per heavy atom. The van der Waals surface area contributed by atoms with E-state index in [0.717, 1.165) is 55.5 Å². The van der Waals surface area contributed by atoms with Crippen LogP contribution < -0.4 is 10.7 Å². The lowest BCUT2D eigenvalue weighted by atomic mass is 9.97. The third-order valence-electron chi connectivity index (χ3n) is 6.73. The first-order chi connectivity index (χ1) is 18.1. The van der Waals surface area contributed by atoms with Gasteiger partial charge in [-0.25, -0.2) is 5.43 Å². The number of carbonyl (C=O) groups is 2. The van der Waals surface area contributed by atoms with Crippen LogP contribution in [-0.4, -0.2) is 22.6 Å². The van der Waals surface area contributed by atoms with Crippen LogP contribution in [-0.2, 0) is 16.1 Å². The van der Waals surface area contributed by atoms with E-state index in [1.165, 1.54) is 0 Å².